The number of nitrogens with one attached hydrogen (secondary N) is 1. The minimum Gasteiger partial charge on any atom is -0.348 e. The molecular formula is C23H23F3N4O. The molecule has 0 radical (unpaired) electrons. The summed E-state index contributed by atoms with van der Waals surface area (Å²) in [5.74, 6) is -0.258. The number of nitrogens with zero attached hydrogens (tertiary/aromatic N) is 3. The second-order valence-corrected chi connectivity index (χ2v) is 8.68. The molecule has 2 bridgehead atoms. The monoisotopic (exact) mass is 428 g/mol. The smallest absolute Gasteiger partial charge is 0.348 e. The van der Waals surface area contributed by atoms with E-state index in [2.05, 4.69) is 27.5 Å². The van der Waals surface area contributed by atoms with Crippen LogP contribution in [0.3, 0.4) is 0 Å². The zero-order chi connectivity index (χ0) is 21.8. The van der Waals surface area contributed by atoms with Gasteiger partial charge in [-0.15, -0.1) is 5.10 Å². The van der Waals surface area contributed by atoms with E-state index in [4.69, 9.17) is 0 Å². The van der Waals surface area contributed by atoms with Gasteiger partial charge in [0.1, 0.15) is 0 Å². The maximum atomic E-state index is 13.4. The molecule has 3 aliphatic heterocycles. The summed E-state index contributed by atoms with van der Waals surface area (Å²) in [7, 11) is 2.15. The SMILES string of the molecule is CN1C2CCC1CC(NC(=O)C1=NN=C3CC(c4ccccc4C(F)(F)F)=CC=C31)C2. The molecule has 2 saturated heterocycles. The molecule has 1 N–H and O–H groups in total. The molecule has 5 rings (SSSR count). The predicted molar refractivity (Wildman–Crippen MR) is 113 cm³/mol. The molecule has 1 aromatic rings. The van der Waals surface area contributed by atoms with Gasteiger partial charge in [0.25, 0.3) is 5.91 Å². The minimum absolute atomic E-state index is 0.113. The summed E-state index contributed by atoms with van der Waals surface area (Å²) >= 11 is 0. The van der Waals surface area contributed by atoms with E-state index in [9.17, 15) is 18.0 Å². The van der Waals surface area contributed by atoms with Crippen LogP contribution in [0.2, 0.25) is 0 Å². The number of fused-ring (bicyclic) bond motifs is 3. The number of allylic oxidation sites excluding steroid dienone is 3. The number of benzene rings is 1. The standard InChI is InChI=1S/C23H23F3N4O/c1-30-15-7-8-16(30)12-14(11-15)27-22(31)21-18-9-6-13(10-20(18)28-29-21)17-4-2-3-5-19(17)23(24,25)26/h2-6,9,14-16H,7-8,10-12H2,1H3,(H,27,31). The van der Waals surface area contributed by atoms with E-state index in [1.807, 2.05) is 0 Å². The second kappa shape index (κ2) is 7.44. The number of rotatable bonds is 3. The minimum atomic E-state index is -4.44. The summed E-state index contributed by atoms with van der Waals surface area (Å²) in [5, 5.41) is 11.3. The molecule has 5 nitrogen and oxygen atoms in total. The Hall–Kier alpha value is -2.74. The van der Waals surface area contributed by atoms with Gasteiger partial charge in [0.15, 0.2) is 5.71 Å². The van der Waals surface area contributed by atoms with Crippen LogP contribution in [0.4, 0.5) is 13.2 Å². The summed E-state index contributed by atoms with van der Waals surface area (Å²) in [5.41, 5.74) is 1.35. The lowest BCUT2D eigenvalue weighted by atomic mass is 9.87. The van der Waals surface area contributed by atoms with Crippen LogP contribution >= 0.6 is 0 Å². The third kappa shape index (κ3) is 3.63. The maximum absolute atomic E-state index is 13.4. The van der Waals surface area contributed by atoms with Crippen molar-refractivity contribution in [3.05, 3.63) is 53.1 Å². The van der Waals surface area contributed by atoms with Crippen molar-refractivity contribution in [1.29, 1.82) is 0 Å². The molecule has 0 saturated carbocycles. The molecule has 2 atom stereocenters. The van der Waals surface area contributed by atoms with E-state index in [1.54, 1.807) is 18.2 Å². The highest BCUT2D eigenvalue weighted by Gasteiger charge is 2.40. The Balaban J connectivity index is 1.33. The van der Waals surface area contributed by atoms with E-state index in [-0.39, 0.29) is 29.6 Å². The van der Waals surface area contributed by atoms with Crippen LogP contribution in [0, 0.1) is 0 Å². The van der Waals surface area contributed by atoms with E-state index < -0.39 is 11.7 Å². The lowest BCUT2D eigenvalue weighted by molar-refractivity contribution is -0.137. The first-order chi connectivity index (χ1) is 14.8. The number of alkyl halides is 3. The predicted octanol–water partition coefficient (Wildman–Crippen LogP) is 3.97. The number of carbonyl (C=O) groups excluding carboxylic acids is 1. The molecule has 0 spiro atoms. The Kier molecular flexibility index (Phi) is 4.84. The van der Waals surface area contributed by atoms with Crippen molar-refractivity contribution in [1.82, 2.24) is 10.2 Å². The van der Waals surface area contributed by atoms with E-state index >= 15 is 0 Å². The highest BCUT2D eigenvalue weighted by molar-refractivity contribution is 6.53. The largest absolute Gasteiger partial charge is 0.416 e. The number of hydrogen-bond donors (Lipinski definition) is 1. The zero-order valence-electron chi connectivity index (χ0n) is 17.1. The molecule has 1 aliphatic carbocycles. The highest BCUT2D eigenvalue weighted by Crippen LogP contribution is 2.38. The van der Waals surface area contributed by atoms with Crippen molar-refractivity contribution in [2.45, 2.75) is 56.4 Å². The molecule has 1 amide bonds. The van der Waals surface area contributed by atoms with Crippen molar-refractivity contribution in [3.8, 4) is 0 Å². The fraction of sp³-hybridized carbons (Fsp3) is 0.435. The van der Waals surface area contributed by atoms with Gasteiger partial charge in [0, 0.05) is 30.1 Å². The Morgan fingerprint density at radius 3 is 2.52 bits per heavy atom. The van der Waals surface area contributed by atoms with Crippen LogP contribution in [0.25, 0.3) is 5.57 Å². The first kappa shape index (κ1) is 20.2. The number of hydrogen-bond acceptors (Lipinski definition) is 4. The van der Waals surface area contributed by atoms with E-state index in [0.717, 1.165) is 18.9 Å². The molecular weight excluding hydrogens is 405 g/mol. The first-order valence-electron chi connectivity index (χ1n) is 10.6. The molecule has 31 heavy (non-hydrogen) atoms. The quantitative estimate of drug-likeness (QED) is 0.792. The Labute approximate surface area is 178 Å². The summed E-state index contributed by atoms with van der Waals surface area (Å²) in [4.78, 5) is 15.3. The fourth-order valence-corrected chi connectivity index (χ4v) is 5.23. The average Bonchev–Trinajstić information content (AvgIpc) is 3.23. The first-order valence-corrected chi connectivity index (χ1v) is 10.6. The summed E-state index contributed by atoms with van der Waals surface area (Å²) < 4.78 is 40.2. The summed E-state index contributed by atoms with van der Waals surface area (Å²) in [6.07, 6.45) is 3.26. The summed E-state index contributed by atoms with van der Waals surface area (Å²) in [6.45, 7) is 0. The van der Waals surface area contributed by atoms with Crippen LogP contribution in [-0.4, -0.2) is 47.4 Å². The topological polar surface area (TPSA) is 57.1 Å². The van der Waals surface area contributed by atoms with Crippen molar-refractivity contribution in [2.75, 3.05) is 7.05 Å². The average molecular weight is 428 g/mol. The lowest BCUT2D eigenvalue weighted by Gasteiger charge is -2.36. The normalized spacial score (nSPS) is 27.8. The maximum Gasteiger partial charge on any atom is 0.416 e. The molecule has 2 fully saturated rings. The van der Waals surface area contributed by atoms with Gasteiger partial charge in [-0.25, -0.2) is 0 Å². The third-order valence-corrected chi connectivity index (χ3v) is 6.87. The van der Waals surface area contributed by atoms with Gasteiger partial charge in [-0.1, -0.05) is 30.4 Å². The molecule has 3 heterocycles. The Morgan fingerprint density at radius 1 is 1.10 bits per heavy atom. The van der Waals surface area contributed by atoms with E-state index in [0.29, 0.717) is 28.9 Å². The molecule has 162 valence electrons. The van der Waals surface area contributed by atoms with Gasteiger partial charge in [0.2, 0.25) is 0 Å². The second-order valence-electron chi connectivity index (χ2n) is 8.68. The van der Waals surface area contributed by atoms with Gasteiger partial charge in [0.05, 0.1) is 11.3 Å². The molecule has 4 aliphatic rings. The van der Waals surface area contributed by atoms with Crippen LogP contribution in [-0.2, 0) is 11.0 Å². The Morgan fingerprint density at radius 2 is 1.81 bits per heavy atom. The highest BCUT2D eigenvalue weighted by atomic mass is 19.4. The van der Waals surface area contributed by atoms with Crippen molar-refractivity contribution in [3.63, 3.8) is 0 Å². The number of amides is 1. The molecule has 2 unspecified atom stereocenters. The summed E-state index contributed by atoms with van der Waals surface area (Å²) in [6, 6.07) is 6.64. The number of halogens is 3. The van der Waals surface area contributed by atoms with Crippen molar-refractivity contribution < 1.29 is 18.0 Å². The van der Waals surface area contributed by atoms with Gasteiger partial charge in [-0.2, -0.15) is 18.3 Å². The van der Waals surface area contributed by atoms with Gasteiger partial charge >= 0.3 is 6.18 Å². The van der Waals surface area contributed by atoms with Crippen LogP contribution in [0.5, 0.6) is 0 Å². The molecule has 0 aromatic heterocycles. The van der Waals surface area contributed by atoms with Gasteiger partial charge in [-0.3, -0.25) is 4.79 Å². The van der Waals surface area contributed by atoms with Crippen LogP contribution in [0.1, 0.15) is 43.2 Å². The third-order valence-electron chi connectivity index (χ3n) is 6.87. The molecule has 8 heteroatoms. The van der Waals surface area contributed by atoms with Gasteiger partial charge in [-0.05, 0) is 49.9 Å². The number of piperidine rings is 1. The fourth-order valence-electron chi connectivity index (χ4n) is 5.23. The van der Waals surface area contributed by atoms with Crippen molar-refractivity contribution >= 4 is 22.9 Å². The molecule has 1 aromatic carbocycles. The zero-order valence-corrected chi connectivity index (χ0v) is 17.1. The van der Waals surface area contributed by atoms with Crippen LogP contribution < -0.4 is 5.32 Å². The Bertz CT molecular complexity index is 1040. The number of carbonyl (C=O) groups is 1. The lowest BCUT2D eigenvalue weighted by Crippen LogP contribution is -2.50. The van der Waals surface area contributed by atoms with E-state index in [1.165, 1.54) is 25.0 Å². The van der Waals surface area contributed by atoms with Gasteiger partial charge < -0.3 is 10.2 Å². The van der Waals surface area contributed by atoms with Crippen LogP contribution in [0.15, 0.2) is 52.2 Å². The van der Waals surface area contributed by atoms with Crippen molar-refractivity contribution in [2.24, 2.45) is 10.2 Å².